The molecule has 1 amide bonds. The van der Waals surface area contributed by atoms with E-state index in [2.05, 4.69) is 5.32 Å². The fraction of sp³-hybridized carbons (Fsp3) is 0.500. The Morgan fingerprint density at radius 3 is 2.65 bits per heavy atom. The van der Waals surface area contributed by atoms with Crippen molar-refractivity contribution < 1.29 is 4.79 Å². The Morgan fingerprint density at radius 1 is 1.30 bits per heavy atom. The molecule has 0 saturated heterocycles. The Labute approximate surface area is 133 Å². The van der Waals surface area contributed by atoms with E-state index in [4.69, 9.17) is 28.9 Å². The molecule has 0 aromatic heterocycles. The van der Waals surface area contributed by atoms with Gasteiger partial charge in [0, 0.05) is 10.3 Å². The van der Waals surface area contributed by atoms with Crippen LogP contribution in [0.5, 0.6) is 0 Å². The van der Waals surface area contributed by atoms with E-state index in [0.717, 1.165) is 0 Å². The molecule has 110 valence electrons. The van der Waals surface area contributed by atoms with Gasteiger partial charge in [0.15, 0.2) is 0 Å². The number of anilines is 2. The molecule has 3 nitrogen and oxygen atoms in total. The van der Waals surface area contributed by atoms with E-state index in [1.807, 2.05) is 0 Å². The molecule has 2 rings (SSSR count). The topological polar surface area (TPSA) is 55.1 Å². The van der Waals surface area contributed by atoms with Crippen molar-refractivity contribution >= 4 is 52.2 Å². The molecule has 3 N–H and O–H groups in total. The number of nitrogen functional groups attached to an aromatic ring is 1. The maximum absolute atomic E-state index is 12.0. The largest absolute Gasteiger partial charge is 0.397 e. The first-order valence-corrected chi connectivity index (χ1v) is 8.52. The first-order chi connectivity index (χ1) is 9.56. The predicted octanol–water partition coefficient (Wildman–Crippen LogP) is 4.58. The van der Waals surface area contributed by atoms with Gasteiger partial charge in [0.25, 0.3) is 0 Å². The Hall–Kier alpha value is -0.580. The van der Waals surface area contributed by atoms with Crippen LogP contribution in [0, 0.1) is 0 Å². The molecule has 1 aromatic rings. The molecule has 1 saturated carbocycles. The van der Waals surface area contributed by atoms with Crippen LogP contribution in [0.1, 0.15) is 32.1 Å². The van der Waals surface area contributed by atoms with Crippen LogP contribution in [0.2, 0.25) is 10.0 Å². The number of hydrogen-bond donors (Lipinski definition) is 2. The zero-order chi connectivity index (χ0) is 14.5. The van der Waals surface area contributed by atoms with Crippen molar-refractivity contribution in [3.63, 3.8) is 0 Å². The van der Waals surface area contributed by atoms with Crippen LogP contribution in [-0.4, -0.2) is 16.9 Å². The van der Waals surface area contributed by atoms with Gasteiger partial charge in [0.05, 0.1) is 22.2 Å². The summed E-state index contributed by atoms with van der Waals surface area (Å²) in [6.45, 7) is 0. The lowest BCUT2D eigenvalue weighted by Crippen LogP contribution is -2.18. The summed E-state index contributed by atoms with van der Waals surface area (Å²) in [6, 6.07) is 3.15. The monoisotopic (exact) mass is 332 g/mol. The molecule has 0 unspecified atom stereocenters. The molecule has 0 aliphatic heterocycles. The molecule has 0 heterocycles. The normalized spacial score (nSPS) is 16.1. The highest BCUT2D eigenvalue weighted by atomic mass is 35.5. The van der Waals surface area contributed by atoms with E-state index in [9.17, 15) is 4.79 Å². The highest BCUT2D eigenvalue weighted by molar-refractivity contribution is 8.00. The van der Waals surface area contributed by atoms with Crippen molar-refractivity contribution in [1.29, 1.82) is 0 Å². The molecule has 0 spiro atoms. The Kier molecular flexibility index (Phi) is 5.87. The van der Waals surface area contributed by atoms with Crippen LogP contribution in [0.4, 0.5) is 11.4 Å². The van der Waals surface area contributed by atoms with Crippen molar-refractivity contribution in [2.75, 3.05) is 16.8 Å². The highest BCUT2D eigenvalue weighted by Crippen LogP contribution is 2.33. The number of nitrogens with two attached hydrogens (primary N) is 1. The Bertz CT molecular complexity index is 467. The standard InChI is InChI=1S/C14H18Cl2N2OS/c15-9-6-11(16)14(12(17)7-9)18-13(19)8-20-10-4-2-1-3-5-10/h6-7,10H,1-5,8,17H2,(H,18,19). The van der Waals surface area contributed by atoms with Gasteiger partial charge in [-0.3, -0.25) is 4.79 Å². The van der Waals surface area contributed by atoms with Crippen molar-refractivity contribution in [3.05, 3.63) is 22.2 Å². The van der Waals surface area contributed by atoms with E-state index in [-0.39, 0.29) is 5.91 Å². The lowest BCUT2D eigenvalue weighted by atomic mass is 10.0. The minimum atomic E-state index is -0.0727. The number of thioether (sulfide) groups is 1. The average Bonchev–Trinajstić information content (AvgIpc) is 2.42. The molecule has 1 aliphatic rings. The van der Waals surface area contributed by atoms with Crippen LogP contribution in [0.15, 0.2) is 12.1 Å². The third-order valence-electron chi connectivity index (χ3n) is 3.35. The molecule has 1 aromatic carbocycles. The zero-order valence-electron chi connectivity index (χ0n) is 11.1. The van der Waals surface area contributed by atoms with Crippen molar-refractivity contribution in [1.82, 2.24) is 0 Å². The summed E-state index contributed by atoms with van der Waals surface area (Å²) in [5, 5.41) is 4.20. The molecule has 1 aliphatic carbocycles. The molecule has 0 radical (unpaired) electrons. The summed E-state index contributed by atoms with van der Waals surface area (Å²) < 4.78 is 0. The van der Waals surface area contributed by atoms with Gasteiger partial charge in [0.2, 0.25) is 5.91 Å². The van der Waals surface area contributed by atoms with Gasteiger partial charge in [-0.25, -0.2) is 0 Å². The number of hydrogen-bond acceptors (Lipinski definition) is 3. The van der Waals surface area contributed by atoms with Gasteiger partial charge in [0.1, 0.15) is 0 Å². The van der Waals surface area contributed by atoms with Crippen molar-refractivity contribution in [2.24, 2.45) is 0 Å². The smallest absolute Gasteiger partial charge is 0.234 e. The van der Waals surface area contributed by atoms with Gasteiger partial charge in [-0.2, -0.15) is 0 Å². The molecule has 0 atom stereocenters. The van der Waals surface area contributed by atoms with Gasteiger partial charge in [-0.1, -0.05) is 42.5 Å². The first kappa shape index (κ1) is 15.8. The second kappa shape index (κ2) is 7.43. The summed E-state index contributed by atoms with van der Waals surface area (Å²) in [5.41, 5.74) is 6.66. The highest BCUT2D eigenvalue weighted by Gasteiger charge is 2.16. The molecule has 20 heavy (non-hydrogen) atoms. The number of amides is 1. The average molecular weight is 333 g/mol. The lowest BCUT2D eigenvalue weighted by Gasteiger charge is -2.20. The predicted molar refractivity (Wildman–Crippen MR) is 88.8 cm³/mol. The molecule has 0 bridgehead atoms. The van der Waals surface area contributed by atoms with Crippen molar-refractivity contribution in [3.8, 4) is 0 Å². The van der Waals surface area contributed by atoms with E-state index >= 15 is 0 Å². The fourth-order valence-corrected chi connectivity index (χ4v) is 4.01. The fourth-order valence-electron chi connectivity index (χ4n) is 2.33. The van der Waals surface area contributed by atoms with Gasteiger partial charge in [-0.15, -0.1) is 11.8 Å². The summed E-state index contributed by atoms with van der Waals surface area (Å²) in [5.74, 6) is 0.361. The van der Waals surface area contributed by atoms with Gasteiger partial charge >= 0.3 is 0 Å². The minimum Gasteiger partial charge on any atom is -0.397 e. The van der Waals surface area contributed by atoms with E-state index in [1.54, 1.807) is 23.9 Å². The van der Waals surface area contributed by atoms with Crippen LogP contribution >= 0.6 is 35.0 Å². The first-order valence-electron chi connectivity index (χ1n) is 6.72. The van der Waals surface area contributed by atoms with E-state index in [0.29, 0.717) is 32.4 Å². The second-order valence-corrected chi connectivity index (χ2v) is 7.10. The maximum Gasteiger partial charge on any atom is 0.234 e. The quantitative estimate of drug-likeness (QED) is 0.793. The van der Waals surface area contributed by atoms with Crippen molar-refractivity contribution in [2.45, 2.75) is 37.4 Å². The maximum atomic E-state index is 12.0. The Balaban J connectivity index is 1.88. The zero-order valence-corrected chi connectivity index (χ0v) is 13.5. The molecular weight excluding hydrogens is 315 g/mol. The van der Waals surface area contributed by atoms with Gasteiger partial charge in [-0.05, 0) is 25.0 Å². The number of carbonyl (C=O) groups excluding carboxylic acids is 1. The number of nitrogens with one attached hydrogen (secondary N) is 1. The SMILES string of the molecule is Nc1cc(Cl)cc(Cl)c1NC(=O)CSC1CCCCC1. The summed E-state index contributed by atoms with van der Waals surface area (Å²) >= 11 is 13.6. The van der Waals surface area contributed by atoms with Crippen LogP contribution < -0.4 is 11.1 Å². The van der Waals surface area contributed by atoms with E-state index in [1.165, 1.54) is 32.1 Å². The molecule has 1 fully saturated rings. The van der Waals surface area contributed by atoms with Gasteiger partial charge < -0.3 is 11.1 Å². The number of rotatable bonds is 4. The third-order valence-corrected chi connectivity index (χ3v) is 5.24. The molecule has 6 heteroatoms. The lowest BCUT2D eigenvalue weighted by molar-refractivity contribution is -0.113. The van der Waals surface area contributed by atoms with Crippen LogP contribution in [0.25, 0.3) is 0 Å². The number of benzene rings is 1. The van der Waals surface area contributed by atoms with Crippen LogP contribution in [-0.2, 0) is 4.79 Å². The second-order valence-electron chi connectivity index (χ2n) is 4.97. The third kappa shape index (κ3) is 4.47. The van der Waals surface area contributed by atoms with E-state index < -0.39 is 0 Å². The number of halogens is 2. The Morgan fingerprint density at radius 2 is 2.00 bits per heavy atom. The number of carbonyl (C=O) groups is 1. The molecular formula is C14H18Cl2N2OS. The summed E-state index contributed by atoms with van der Waals surface area (Å²) in [4.78, 5) is 12.0. The minimum absolute atomic E-state index is 0.0727. The summed E-state index contributed by atoms with van der Waals surface area (Å²) in [6.07, 6.45) is 6.29. The van der Waals surface area contributed by atoms with Crippen LogP contribution in [0.3, 0.4) is 0 Å². The summed E-state index contributed by atoms with van der Waals surface area (Å²) in [7, 11) is 0.